The Bertz CT molecular complexity index is 1630. The van der Waals surface area contributed by atoms with Gasteiger partial charge in [0.05, 0.1) is 21.5 Å². The molecule has 2 amide bonds. The molecular formula is C26H23N5O5S2. The minimum atomic E-state index is -0.839. The standard InChI is InChI=1S/C26H23N5O5S2/c1-2-12-37-23-17(4-3-9-27-23)24(33)31-10-7-15(8-11-31)22-29-20(14-38-22)21(32)28-16-5-6-19-18(13-16)25(34)36-26(35)30-19/h2-6,9,13-15H,1,7-8,10-12H2,(H,28,32)(H,30,35). The lowest BCUT2D eigenvalue weighted by Gasteiger charge is -2.31. The van der Waals surface area contributed by atoms with E-state index < -0.39 is 17.3 Å². The number of hydrogen-bond acceptors (Lipinski definition) is 9. The zero-order valence-corrected chi connectivity index (χ0v) is 21.8. The number of piperidine rings is 1. The number of carbonyl (C=O) groups excluding carboxylic acids is 2. The first-order valence-electron chi connectivity index (χ1n) is 11.8. The van der Waals surface area contributed by atoms with Crippen LogP contribution in [0.4, 0.5) is 5.69 Å². The number of aromatic nitrogens is 3. The molecule has 3 aromatic heterocycles. The van der Waals surface area contributed by atoms with E-state index in [1.807, 2.05) is 4.90 Å². The van der Waals surface area contributed by atoms with E-state index in [0.29, 0.717) is 40.6 Å². The number of H-pyrrole nitrogens is 1. The minimum absolute atomic E-state index is 0.0317. The number of aromatic amines is 1. The lowest BCUT2D eigenvalue weighted by atomic mass is 9.97. The van der Waals surface area contributed by atoms with Gasteiger partial charge in [0.25, 0.3) is 11.8 Å². The molecule has 2 N–H and O–H groups in total. The topological polar surface area (TPSA) is 138 Å². The number of nitrogens with one attached hydrogen (secondary N) is 2. The van der Waals surface area contributed by atoms with Gasteiger partial charge in [-0.2, -0.15) is 0 Å². The maximum absolute atomic E-state index is 13.2. The van der Waals surface area contributed by atoms with Gasteiger partial charge in [-0.15, -0.1) is 29.7 Å². The summed E-state index contributed by atoms with van der Waals surface area (Å²) < 4.78 is 4.55. The molecule has 194 valence electrons. The number of amides is 2. The van der Waals surface area contributed by atoms with Gasteiger partial charge in [-0.1, -0.05) is 6.08 Å². The average Bonchev–Trinajstić information content (AvgIpc) is 3.43. The largest absolute Gasteiger partial charge is 0.419 e. The predicted octanol–water partition coefficient (Wildman–Crippen LogP) is 3.88. The van der Waals surface area contributed by atoms with E-state index in [-0.39, 0.29) is 22.9 Å². The number of thiazole rings is 1. The molecule has 0 radical (unpaired) electrons. The summed E-state index contributed by atoms with van der Waals surface area (Å²) in [6.07, 6.45) is 4.96. The SMILES string of the molecule is C=CCSc1ncccc1C(=O)N1CCC(c2nc(C(=O)Nc3ccc4[nH]c(=O)oc(=O)c4c3)cs2)CC1. The Morgan fingerprint density at radius 1 is 1.26 bits per heavy atom. The zero-order chi connectivity index (χ0) is 26.6. The van der Waals surface area contributed by atoms with Crippen LogP contribution in [-0.2, 0) is 0 Å². The van der Waals surface area contributed by atoms with Crippen molar-refractivity contribution in [2.24, 2.45) is 0 Å². The van der Waals surface area contributed by atoms with Crippen LogP contribution in [0.15, 0.2) is 73.6 Å². The van der Waals surface area contributed by atoms with Crippen molar-refractivity contribution in [1.82, 2.24) is 19.9 Å². The van der Waals surface area contributed by atoms with Gasteiger partial charge < -0.3 is 14.6 Å². The van der Waals surface area contributed by atoms with E-state index >= 15 is 0 Å². The first-order chi connectivity index (χ1) is 18.4. The lowest BCUT2D eigenvalue weighted by molar-refractivity contribution is 0.0708. The normalized spacial score (nSPS) is 13.9. The van der Waals surface area contributed by atoms with Crippen molar-refractivity contribution in [3.8, 4) is 0 Å². The highest BCUT2D eigenvalue weighted by Crippen LogP contribution is 2.32. The smallest absolute Gasteiger partial charge is 0.372 e. The van der Waals surface area contributed by atoms with Gasteiger partial charge in [0.2, 0.25) is 0 Å². The molecule has 0 aliphatic carbocycles. The molecule has 1 aliphatic heterocycles. The quantitative estimate of drug-likeness (QED) is 0.262. The zero-order valence-electron chi connectivity index (χ0n) is 20.1. The predicted molar refractivity (Wildman–Crippen MR) is 146 cm³/mol. The number of hydrogen-bond donors (Lipinski definition) is 2. The first-order valence-corrected chi connectivity index (χ1v) is 13.7. The van der Waals surface area contributed by atoms with Gasteiger partial charge >= 0.3 is 11.4 Å². The van der Waals surface area contributed by atoms with Crippen LogP contribution in [0.25, 0.3) is 10.9 Å². The summed E-state index contributed by atoms with van der Waals surface area (Å²) >= 11 is 2.90. The van der Waals surface area contributed by atoms with Crippen LogP contribution in [0.2, 0.25) is 0 Å². The molecule has 1 aliphatic rings. The minimum Gasteiger partial charge on any atom is -0.372 e. The van der Waals surface area contributed by atoms with E-state index in [9.17, 15) is 19.2 Å². The Kier molecular flexibility index (Phi) is 7.52. The van der Waals surface area contributed by atoms with Gasteiger partial charge in [0.1, 0.15) is 10.7 Å². The van der Waals surface area contributed by atoms with Gasteiger partial charge in [0, 0.05) is 42.0 Å². The first kappa shape index (κ1) is 25.6. The second kappa shape index (κ2) is 11.2. The van der Waals surface area contributed by atoms with Gasteiger partial charge in [-0.25, -0.2) is 19.6 Å². The highest BCUT2D eigenvalue weighted by Gasteiger charge is 2.28. The number of pyridine rings is 1. The second-order valence-corrected chi connectivity index (χ2v) is 10.5. The Morgan fingerprint density at radius 3 is 2.87 bits per heavy atom. The summed E-state index contributed by atoms with van der Waals surface area (Å²) in [4.78, 5) is 62.4. The number of nitrogens with zero attached hydrogens (tertiary/aromatic N) is 3. The summed E-state index contributed by atoms with van der Waals surface area (Å²) in [7, 11) is 0. The molecule has 0 saturated carbocycles. The molecular weight excluding hydrogens is 526 g/mol. The van der Waals surface area contributed by atoms with Crippen molar-refractivity contribution >= 4 is 51.5 Å². The summed E-state index contributed by atoms with van der Waals surface area (Å²) in [6.45, 7) is 4.91. The Morgan fingerprint density at radius 2 is 2.08 bits per heavy atom. The van der Waals surface area contributed by atoms with Crippen molar-refractivity contribution in [3.05, 3.63) is 91.8 Å². The number of likely N-dealkylation sites (tertiary alicyclic amines) is 1. The highest BCUT2D eigenvalue weighted by molar-refractivity contribution is 7.99. The maximum Gasteiger partial charge on any atom is 0.419 e. The highest BCUT2D eigenvalue weighted by atomic mass is 32.2. The average molecular weight is 550 g/mol. The van der Waals surface area contributed by atoms with Crippen LogP contribution in [0, 0.1) is 0 Å². The van der Waals surface area contributed by atoms with Crippen molar-refractivity contribution in [2.45, 2.75) is 23.8 Å². The fraction of sp³-hybridized carbons (Fsp3) is 0.231. The van der Waals surface area contributed by atoms with Crippen molar-refractivity contribution in [3.63, 3.8) is 0 Å². The Hall–Kier alpha value is -4.03. The number of anilines is 1. The number of thioether (sulfide) groups is 1. The summed E-state index contributed by atoms with van der Waals surface area (Å²) in [5.74, 6) is -0.452. The molecule has 1 aromatic carbocycles. The molecule has 5 rings (SSSR count). The van der Waals surface area contributed by atoms with Gasteiger partial charge in [-0.05, 0) is 43.2 Å². The van der Waals surface area contributed by atoms with Crippen LogP contribution in [0.3, 0.4) is 0 Å². The third-order valence-electron chi connectivity index (χ3n) is 6.14. The molecule has 0 atom stereocenters. The van der Waals surface area contributed by atoms with Crippen LogP contribution >= 0.6 is 23.1 Å². The molecule has 10 nitrogen and oxygen atoms in total. The third kappa shape index (κ3) is 5.46. The molecule has 4 heterocycles. The van der Waals surface area contributed by atoms with Gasteiger partial charge in [0.15, 0.2) is 0 Å². The fourth-order valence-corrected chi connectivity index (χ4v) is 5.95. The van der Waals surface area contributed by atoms with E-state index in [2.05, 4.69) is 31.3 Å². The Labute approximate surface area is 224 Å². The summed E-state index contributed by atoms with van der Waals surface area (Å²) in [5, 5.41) is 6.14. The Balaban J connectivity index is 1.22. The molecule has 0 spiro atoms. The molecule has 1 saturated heterocycles. The number of rotatable bonds is 7. The number of carbonyl (C=O) groups is 2. The van der Waals surface area contributed by atoms with E-state index in [4.69, 9.17) is 0 Å². The second-order valence-electron chi connectivity index (χ2n) is 8.61. The van der Waals surface area contributed by atoms with Crippen molar-refractivity contribution in [1.29, 1.82) is 0 Å². The fourth-order valence-electron chi connectivity index (χ4n) is 4.26. The van der Waals surface area contributed by atoms with Crippen LogP contribution in [0.1, 0.15) is 44.6 Å². The number of benzene rings is 1. The maximum atomic E-state index is 13.2. The van der Waals surface area contributed by atoms with Gasteiger partial charge in [-0.3, -0.25) is 14.6 Å². The van der Waals surface area contributed by atoms with Crippen LogP contribution in [-0.4, -0.2) is 50.5 Å². The molecule has 1 fully saturated rings. The van der Waals surface area contributed by atoms with E-state index in [1.54, 1.807) is 35.9 Å². The van der Waals surface area contributed by atoms with Crippen molar-refractivity contribution < 1.29 is 14.0 Å². The summed E-state index contributed by atoms with van der Waals surface area (Å²) in [5.41, 5.74) is 0.792. The van der Waals surface area contributed by atoms with E-state index in [1.165, 1.54) is 35.2 Å². The molecule has 0 unspecified atom stereocenters. The van der Waals surface area contributed by atoms with E-state index in [0.717, 1.165) is 17.8 Å². The van der Waals surface area contributed by atoms with Crippen LogP contribution in [0.5, 0.6) is 0 Å². The van der Waals surface area contributed by atoms with Crippen molar-refractivity contribution in [2.75, 3.05) is 24.2 Å². The molecule has 38 heavy (non-hydrogen) atoms. The third-order valence-corrected chi connectivity index (χ3v) is 8.15. The molecule has 4 aromatic rings. The summed E-state index contributed by atoms with van der Waals surface area (Å²) in [6, 6.07) is 8.13. The molecule has 12 heteroatoms. The molecule has 0 bridgehead atoms. The monoisotopic (exact) mass is 549 g/mol. The lowest BCUT2D eigenvalue weighted by Crippen LogP contribution is -2.38. The van der Waals surface area contributed by atoms with Crippen LogP contribution < -0.4 is 16.7 Å². The number of fused-ring (bicyclic) bond motifs is 1.